The second-order valence-corrected chi connectivity index (χ2v) is 10.9. The van der Waals surface area contributed by atoms with Crippen LogP contribution in [-0.4, -0.2) is 52.1 Å². The highest BCUT2D eigenvalue weighted by atomic mass is 16.6. The smallest absolute Gasteiger partial charge is 0.341 e. The molecule has 6 rings (SSSR count). The van der Waals surface area contributed by atoms with E-state index in [9.17, 15) is 34.6 Å². The van der Waals surface area contributed by atoms with E-state index in [1.54, 1.807) is 26.0 Å². The van der Waals surface area contributed by atoms with Crippen LogP contribution in [0.5, 0.6) is 0 Å². The molecule has 0 saturated carbocycles. The summed E-state index contributed by atoms with van der Waals surface area (Å²) in [5.41, 5.74) is 4.98. The van der Waals surface area contributed by atoms with Gasteiger partial charge in [-0.1, -0.05) is 36.4 Å². The molecule has 6 unspecified atom stereocenters. The molecule has 16 nitrogen and oxygen atoms in total. The second-order valence-electron chi connectivity index (χ2n) is 10.9. The number of rotatable bonds is 6. The minimum absolute atomic E-state index is 0.0561. The Labute approximate surface area is 254 Å². The molecule has 2 aromatic carbocycles. The summed E-state index contributed by atoms with van der Waals surface area (Å²) in [5, 5.41) is 38.1. The molecule has 4 aliphatic heterocycles. The van der Waals surface area contributed by atoms with E-state index in [1.807, 2.05) is 0 Å². The molecule has 0 saturated heterocycles. The lowest BCUT2D eigenvalue weighted by atomic mass is 9.72. The molecule has 230 valence electrons. The third-order valence-corrected chi connectivity index (χ3v) is 8.41. The number of esters is 1. The first kappa shape index (κ1) is 29.2. The maximum absolute atomic E-state index is 14.3. The summed E-state index contributed by atoms with van der Waals surface area (Å²) in [7, 11) is 0. The fraction of sp³-hybridized carbons (Fsp3) is 0.276. The number of allylic oxidation sites excluding steroid dienone is 3. The van der Waals surface area contributed by atoms with Gasteiger partial charge in [0.1, 0.15) is 5.76 Å². The average Bonchev–Trinajstić information content (AvgIpc) is 3.01. The standard InChI is InChI=1S/C29H26N8O8/c1-13-21(22(15-7-3-5-9-19(15)36(41)42)24-17(32-13)11-30-34-27(24)38)29(40)45-26-14(2)33-18-12-31-35-28(39)25(18)23(26)16-8-4-6-10-20(16)37(43)44/h3-12,17-18,22-25,32-33H,1-2H3,(H,34,38)(H,35,39). The molecule has 0 spiro atoms. The van der Waals surface area contributed by atoms with Crippen LogP contribution in [-0.2, 0) is 19.1 Å². The molecular weight excluding hydrogens is 588 g/mol. The normalized spacial score (nSPS) is 26.9. The van der Waals surface area contributed by atoms with E-state index < -0.39 is 63.4 Å². The van der Waals surface area contributed by atoms with Gasteiger partial charge < -0.3 is 15.4 Å². The Balaban J connectivity index is 1.49. The van der Waals surface area contributed by atoms with E-state index in [2.05, 4.69) is 31.7 Å². The van der Waals surface area contributed by atoms with Crippen molar-refractivity contribution in [2.24, 2.45) is 22.0 Å². The summed E-state index contributed by atoms with van der Waals surface area (Å²) in [6.07, 6.45) is 2.91. The molecule has 4 N–H and O–H groups in total. The molecule has 0 radical (unpaired) electrons. The second kappa shape index (κ2) is 11.3. The summed E-state index contributed by atoms with van der Waals surface area (Å²) < 4.78 is 6.08. The van der Waals surface area contributed by atoms with Crippen LogP contribution in [0.1, 0.15) is 36.8 Å². The number of benzene rings is 2. The van der Waals surface area contributed by atoms with Crippen molar-refractivity contribution in [2.75, 3.05) is 0 Å². The molecule has 2 aromatic rings. The number of nitrogens with zero attached hydrogens (tertiary/aromatic N) is 4. The predicted molar refractivity (Wildman–Crippen MR) is 157 cm³/mol. The lowest BCUT2D eigenvalue weighted by molar-refractivity contribution is -0.385. The largest absolute Gasteiger partial charge is 0.425 e. The highest BCUT2D eigenvalue weighted by molar-refractivity contribution is 5.98. The van der Waals surface area contributed by atoms with Crippen LogP contribution >= 0.6 is 0 Å². The molecule has 16 heteroatoms. The van der Waals surface area contributed by atoms with Gasteiger partial charge in [0.2, 0.25) is 11.8 Å². The minimum atomic E-state index is -1.14. The van der Waals surface area contributed by atoms with Crippen LogP contribution < -0.4 is 21.5 Å². The first-order chi connectivity index (χ1) is 21.6. The van der Waals surface area contributed by atoms with E-state index in [0.717, 1.165) is 0 Å². The van der Waals surface area contributed by atoms with Crippen molar-refractivity contribution in [1.29, 1.82) is 0 Å². The van der Waals surface area contributed by atoms with E-state index in [-0.39, 0.29) is 39.5 Å². The third-order valence-electron chi connectivity index (χ3n) is 8.41. The zero-order valence-electron chi connectivity index (χ0n) is 23.8. The number of nitro benzene ring substituents is 2. The lowest BCUT2D eigenvalue weighted by Gasteiger charge is -2.41. The number of nitrogens with one attached hydrogen (secondary N) is 4. The zero-order valence-corrected chi connectivity index (χ0v) is 23.8. The van der Waals surface area contributed by atoms with Crippen LogP contribution in [0.2, 0.25) is 0 Å². The van der Waals surface area contributed by atoms with Crippen LogP contribution in [0.25, 0.3) is 0 Å². The average molecular weight is 615 g/mol. The Morgan fingerprint density at radius 2 is 1.22 bits per heavy atom. The first-order valence-electron chi connectivity index (χ1n) is 13.9. The number of nitro groups is 2. The summed E-state index contributed by atoms with van der Waals surface area (Å²) in [4.78, 5) is 63.7. The van der Waals surface area contributed by atoms with Gasteiger partial charge in [0.05, 0.1) is 45.3 Å². The van der Waals surface area contributed by atoms with Crippen LogP contribution in [0, 0.1) is 32.1 Å². The molecule has 6 atom stereocenters. The van der Waals surface area contributed by atoms with Gasteiger partial charge in [-0.3, -0.25) is 29.8 Å². The minimum Gasteiger partial charge on any atom is -0.425 e. The molecule has 0 aromatic heterocycles. The predicted octanol–water partition coefficient (Wildman–Crippen LogP) is 1.83. The Morgan fingerprint density at radius 3 is 1.76 bits per heavy atom. The van der Waals surface area contributed by atoms with Crippen molar-refractivity contribution >= 4 is 41.6 Å². The topological polar surface area (TPSA) is 220 Å². The molecule has 4 aliphatic rings. The van der Waals surface area contributed by atoms with E-state index in [0.29, 0.717) is 5.70 Å². The van der Waals surface area contributed by atoms with Gasteiger partial charge in [-0.05, 0) is 13.8 Å². The third kappa shape index (κ3) is 4.95. The Morgan fingerprint density at radius 1 is 0.756 bits per heavy atom. The Hall–Kier alpha value is -5.93. The number of amides is 2. The molecule has 0 fully saturated rings. The molecule has 2 amide bonds. The van der Waals surface area contributed by atoms with Gasteiger partial charge >= 0.3 is 5.97 Å². The summed E-state index contributed by atoms with van der Waals surface area (Å²) in [5.74, 6) is -6.39. The monoisotopic (exact) mass is 614 g/mol. The fourth-order valence-electron chi connectivity index (χ4n) is 6.54. The fourth-order valence-corrected chi connectivity index (χ4v) is 6.54. The quantitative estimate of drug-likeness (QED) is 0.210. The molecule has 45 heavy (non-hydrogen) atoms. The lowest BCUT2D eigenvalue weighted by Crippen LogP contribution is -2.55. The summed E-state index contributed by atoms with van der Waals surface area (Å²) in [6, 6.07) is 10.3. The van der Waals surface area contributed by atoms with Gasteiger partial charge in [0.15, 0.2) is 0 Å². The Bertz CT molecular complexity index is 1780. The highest BCUT2D eigenvalue weighted by Crippen LogP contribution is 2.47. The summed E-state index contributed by atoms with van der Waals surface area (Å²) in [6.45, 7) is 3.18. The van der Waals surface area contributed by atoms with Crippen molar-refractivity contribution in [3.8, 4) is 0 Å². The van der Waals surface area contributed by atoms with Crippen LogP contribution in [0.4, 0.5) is 11.4 Å². The number of hydrogen-bond acceptors (Lipinski definition) is 12. The number of carbonyl (C=O) groups excluding carboxylic acids is 3. The SMILES string of the molecule is CC1=C(OC(=O)C2=C(C)NC3C=NNC(=O)C3C2c2ccccc2[N+](=O)[O-])C(c2ccccc2[N+](=O)[O-])C2C(=O)NN=CC2N1. The number of fused-ring (bicyclic) bond motifs is 2. The molecule has 0 aliphatic carbocycles. The van der Waals surface area contributed by atoms with Gasteiger partial charge in [0.25, 0.3) is 11.4 Å². The van der Waals surface area contributed by atoms with Crippen LogP contribution in [0.3, 0.4) is 0 Å². The zero-order chi connectivity index (χ0) is 32.0. The molecule has 0 bridgehead atoms. The van der Waals surface area contributed by atoms with Gasteiger partial charge in [-0.25, -0.2) is 15.6 Å². The summed E-state index contributed by atoms with van der Waals surface area (Å²) >= 11 is 0. The molecule has 4 heterocycles. The molecular formula is C29H26N8O8. The Kier molecular flexibility index (Phi) is 7.32. The van der Waals surface area contributed by atoms with Gasteiger partial charge in [0, 0.05) is 53.0 Å². The van der Waals surface area contributed by atoms with E-state index in [1.165, 1.54) is 48.8 Å². The number of hydrazone groups is 2. The number of hydrogen-bond donors (Lipinski definition) is 4. The van der Waals surface area contributed by atoms with Crippen LogP contribution in [0.15, 0.2) is 81.5 Å². The maximum atomic E-state index is 14.3. The highest BCUT2D eigenvalue weighted by Gasteiger charge is 2.51. The van der Waals surface area contributed by atoms with Crippen molar-refractivity contribution < 1.29 is 29.0 Å². The number of para-hydroxylation sites is 2. The van der Waals surface area contributed by atoms with Crippen molar-refractivity contribution in [1.82, 2.24) is 21.5 Å². The van der Waals surface area contributed by atoms with Gasteiger partial charge in [-0.15, -0.1) is 0 Å². The van der Waals surface area contributed by atoms with Crippen molar-refractivity contribution in [3.05, 3.63) is 103 Å². The van der Waals surface area contributed by atoms with E-state index in [4.69, 9.17) is 4.74 Å². The van der Waals surface area contributed by atoms with E-state index >= 15 is 0 Å². The van der Waals surface area contributed by atoms with Crippen molar-refractivity contribution in [3.63, 3.8) is 0 Å². The first-order valence-corrected chi connectivity index (χ1v) is 13.9. The number of ether oxygens (including phenoxy) is 1. The van der Waals surface area contributed by atoms with Gasteiger partial charge in [-0.2, -0.15) is 10.2 Å². The van der Waals surface area contributed by atoms with Crippen molar-refractivity contribution in [2.45, 2.75) is 37.8 Å². The maximum Gasteiger partial charge on any atom is 0.341 e. The number of carbonyl (C=O) groups is 3.